The van der Waals surface area contributed by atoms with E-state index in [-0.39, 0.29) is 24.0 Å². The zero-order valence-corrected chi connectivity index (χ0v) is 11.6. The standard InChI is InChI=1S/C16H16F3NO/c1-10(20)5-11-6-13(17)8-14(7-11)21-9-12-3-2-4-15(18)16(12)19/h2-4,6-8,10H,5,9,20H2,1H3. The lowest BCUT2D eigenvalue weighted by atomic mass is 10.1. The van der Waals surface area contributed by atoms with Crippen molar-refractivity contribution < 1.29 is 17.9 Å². The van der Waals surface area contributed by atoms with Gasteiger partial charge >= 0.3 is 0 Å². The molecule has 21 heavy (non-hydrogen) atoms. The highest BCUT2D eigenvalue weighted by molar-refractivity contribution is 5.30. The molecule has 0 spiro atoms. The molecule has 1 unspecified atom stereocenters. The second kappa shape index (κ2) is 6.63. The smallest absolute Gasteiger partial charge is 0.165 e. The monoisotopic (exact) mass is 295 g/mol. The number of benzene rings is 2. The predicted octanol–water partition coefficient (Wildman–Crippen LogP) is 3.57. The summed E-state index contributed by atoms with van der Waals surface area (Å²) in [6.45, 7) is 1.64. The number of rotatable bonds is 5. The lowest BCUT2D eigenvalue weighted by Gasteiger charge is -2.11. The van der Waals surface area contributed by atoms with Crippen molar-refractivity contribution >= 4 is 0 Å². The molecule has 0 aliphatic carbocycles. The van der Waals surface area contributed by atoms with Crippen LogP contribution in [0.5, 0.6) is 5.75 Å². The minimum absolute atomic E-state index is 0.0769. The highest BCUT2D eigenvalue weighted by Gasteiger charge is 2.09. The van der Waals surface area contributed by atoms with Crippen molar-refractivity contribution in [1.82, 2.24) is 0 Å². The van der Waals surface area contributed by atoms with E-state index >= 15 is 0 Å². The molecule has 112 valence electrons. The van der Waals surface area contributed by atoms with E-state index in [4.69, 9.17) is 10.5 Å². The van der Waals surface area contributed by atoms with Crippen LogP contribution in [-0.2, 0) is 13.0 Å². The lowest BCUT2D eigenvalue weighted by molar-refractivity contribution is 0.295. The first-order valence-corrected chi connectivity index (χ1v) is 6.56. The highest BCUT2D eigenvalue weighted by Crippen LogP contribution is 2.20. The van der Waals surface area contributed by atoms with Gasteiger partial charge in [-0.05, 0) is 37.1 Å². The minimum Gasteiger partial charge on any atom is -0.489 e. The van der Waals surface area contributed by atoms with Crippen LogP contribution in [0.25, 0.3) is 0 Å². The quantitative estimate of drug-likeness (QED) is 0.915. The van der Waals surface area contributed by atoms with Gasteiger partial charge < -0.3 is 10.5 Å². The summed E-state index contributed by atoms with van der Waals surface area (Å²) in [4.78, 5) is 0. The first kappa shape index (κ1) is 15.4. The molecule has 0 bridgehead atoms. The maximum atomic E-state index is 13.5. The van der Waals surface area contributed by atoms with E-state index in [0.29, 0.717) is 12.0 Å². The molecular weight excluding hydrogens is 279 g/mol. The first-order valence-electron chi connectivity index (χ1n) is 6.56. The first-order chi connectivity index (χ1) is 9.95. The Morgan fingerprint density at radius 3 is 2.62 bits per heavy atom. The average Bonchev–Trinajstić information content (AvgIpc) is 2.39. The molecule has 2 rings (SSSR count). The van der Waals surface area contributed by atoms with Crippen LogP contribution in [0.1, 0.15) is 18.1 Å². The Bertz CT molecular complexity index is 629. The molecule has 0 amide bonds. The minimum atomic E-state index is -0.954. The summed E-state index contributed by atoms with van der Waals surface area (Å²) in [6, 6.07) is 7.94. The van der Waals surface area contributed by atoms with Gasteiger partial charge in [0.25, 0.3) is 0 Å². The SMILES string of the molecule is CC(N)Cc1cc(F)cc(OCc2cccc(F)c2F)c1. The van der Waals surface area contributed by atoms with E-state index in [1.807, 2.05) is 6.92 Å². The van der Waals surface area contributed by atoms with Crippen molar-refractivity contribution in [1.29, 1.82) is 0 Å². The van der Waals surface area contributed by atoms with Crippen molar-refractivity contribution in [2.75, 3.05) is 0 Å². The number of halogens is 3. The van der Waals surface area contributed by atoms with Crippen LogP contribution in [0.2, 0.25) is 0 Å². The van der Waals surface area contributed by atoms with Crippen LogP contribution >= 0.6 is 0 Å². The molecule has 0 aromatic heterocycles. The van der Waals surface area contributed by atoms with Crippen molar-refractivity contribution in [3.05, 3.63) is 65.0 Å². The topological polar surface area (TPSA) is 35.2 Å². The third kappa shape index (κ3) is 4.23. The molecule has 5 heteroatoms. The molecular formula is C16H16F3NO. The molecule has 0 radical (unpaired) electrons. The van der Waals surface area contributed by atoms with Crippen molar-refractivity contribution in [3.8, 4) is 5.75 Å². The Hall–Kier alpha value is -2.01. The Balaban J connectivity index is 2.12. The van der Waals surface area contributed by atoms with Gasteiger partial charge in [-0.2, -0.15) is 0 Å². The summed E-state index contributed by atoms with van der Waals surface area (Å²) in [5.74, 6) is -2.09. The Kier molecular flexibility index (Phi) is 4.85. The van der Waals surface area contributed by atoms with Crippen molar-refractivity contribution in [2.24, 2.45) is 5.73 Å². The summed E-state index contributed by atoms with van der Waals surface area (Å²) in [6.07, 6.45) is 0.502. The van der Waals surface area contributed by atoms with Crippen LogP contribution in [0.4, 0.5) is 13.2 Å². The van der Waals surface area contributed by atoms with Crippen molar-refractivity contribution in [3.63, 3.8) is 0 Å². The van der Waals surface area contributed by atoms with E-state index in [1.165, 1.54) is 24.3 Å². The summed E-state index contributed by atoms with van der Waals surface area (Å²) in [7, 11) is 0. The predicted molar refractivity (Wildman–Crippen MR) is 74.4 cm³/mol. The number of ether oxygens (including phenoxy) is 1. The maximum absolute atomic E-state index is 13.5. The van der Waals surface area contributed by atoms with Crippen molar-refractivity contribution in [2.45, 2.75) is 26.0 Å². The maximum Gasteiger partial charge on any atom is 0.165 e. The largest absolute Gasteiger partial charge is 0.489 e. The fourth-order valence-electron chi connectivity index (χ4n) is 2.01. The van der Waals surface area contributed by atoms with Crippen LogP contribution in [-0.4, -0.2) is 6.04 Å². The van der Waals surface area contributed by atoms with Crippen LogP contribution in [0.15, 0.2) is 36.4 Å². The Labute approximate surface area is 121 Å². The fraction of sp³-hybridized carbons (Fsp3) is 0.250. The Morgan fingerprint density at radius 1 is 1.14 bits per heavy atom. The molecule has 0 aliphatic rings. The molecule has 0 fully saturated rings. The molecule has 0 saturated carbocycles. The molecule has 0 saturated heterocycles. The van der Waals surface area contributed by atoms with Gasteiger partial charge in [-0.15, -0.1) is 0 Å². The summed E-state index contributed by atoms with van der Waals surface area (Å²) < 4.78 is 45.4. The summed E-state index contributed by atoms with van der Waals surface area (Å²) in [5.41, 5.74) is 6.44. The zero-order chi connectivity index (χ0) is 15.4. The molecule has 0 heterocycles. The van der Waals surface area contributed by atoms with Gasteiger partial charge in [0, 0.05) is 17.7 Å². The molecule has 1 atom stereocenters. The molecule has 2 aromatic rings. The number of hydrogen-bond donors (Lipinski definition) is 1. The molecule has 2 nitrogen and oxygen atoms in total. The third-order valence-corrected chi connectivity index (χ3v) is 2.91. The number of hydrogen-bond acceptors (Lipinski definition) is 2. The van der Waals surface area contributed by atoms with Crippen LogP contribution < -0.4 is 10.5 Å². The summed E-state index contributed by atoms with van der Waals surface area (Å²) >= 11 is 0. The van der Waals surface area contributed by atoms with Gasteiger partial charge in [0.05, 0.1) is 0 Å². The van der Waals surface area contributed by atoms with Crippen LogP contribution in [0.3, 0.4) is 0 Å². The Morgan fingerprint density at radius 2 is 1.90 bits per heavy atom. The molecule has 2 aromatic carbocycles. The molecule has 2 N–H and O–H groups in total. The van der Waals surface area contributed by atoms with Gasteiger partial charge in [-0.1, -0.05) is 12.1 Å². The van der Waals surface area contributed by atoms with E-state index in [2.05, 4.69) is 0 Å². The van der Waals surface area contributed by atoms with Gasteiger partial charge in [0.1, 0.15) is 18.2 Å². The number of nitrogens with two attached hydrogens (primary N) is 1. The highest BCUT2D eigenvalue weighted by atomic mass is 19.2. The second-order valence-corrected chi connectivity index (χ2v) is 4.98. The van der Waals surface area contributed by atoms with Gasteiger partial charge in [-0.25, -0.2) is 13.2 Å². The van der Waals surface area contributed by atoms with E-state index in [0.717, 1.165) is 6.07 Å². The van der Waals surface area contributed by atoms with Gasteiger partial charge in [-0.3, -0.25) is 0 Å². The lowest BCUT2D eigenvalue weighted by Crippen LogP contribution is -2.17. The second-order valence-electron chi connectivity index (χ2n) is 4.98. The normalized spacial score (nSPS) is 12.2. The van der Waals surface area contributed by atoms with Crippen LogP contribution in [0, 0.1) is 17.5 Å². The van der Waals surface area contributed by atoms with Gasteiger partial charge in [0.2, 0.25) is 0 Å². The average molecular weight is 295 g/mol. The zero-order valence-electron chi connectivity index (χ0n) is 11.6. The fourth-order valence-corrected chi connectivity index (χ4v) is 2.01. The van der Waals surface area contributed by atoms with E-state index < -0.39 is 17.5 Å². The van der Waals surface area contributed by atoms with Gasteiger partial charge in [0.15, 0.2) is 11.6 Å². The summed E-state index contributed by atoms with van der Waals surface area (Å²) in [5, 5.41) is 0. The van der Waals surface area contributed by atoms with E-state index in [1.54, 1.807) is 6.07 Å². The third-order valence-electron chi connectivity index (χ3n) is 2.91. The van der Waals surface area contributed by atoms with E-state index in [9.17, 15) is 13.2 Å². The molecule has 0 aliphatic heterocycles.